The monoisotopic (exact) mass is 469 g/mol. The molecule has 1 aromatic heterocycles. The van der Waals surface area contributed by atoms with Crippen LogP contribution in [0.4, 0.5) is 0 Å². The number of carbonyl (C=O) groups excluding carboxylic acids is 2. The van der Waals surface area contributed by atoms with Crippen molar-refractivity contribution in [3.05, 3.63) is 73.7 Å². The van der Waals surface area contributed by atoms with Crippen molar-refractivity contribution in [1.29, 1.82) is 0 Å². The first kappa shape index (κ1) is 22.6. The molecule has 0 aliphatic carbocycles. The third-order valence-electron chi connectivity index (χ3n) is 5.21. The minimum Gasteiger partial charge on any atom is -0.494 e. The minimum atomic E-state index is -0.864. The summed E-state index contributed by atoms with van der Waals surface area (Å²) < 4.78 is 16.9. The molecule has 1 aliphatic heterocycles. The van der Waals surface area contributed by atoms with Crippen molar-refractivity contribution in [2.24, 2.45) is 0 Å². The van der Waals surface area contributed by atoms with Gasteiger partial charge < -0.3 is 19.3 Å². The first-order valence-corrected chi connectivity index (χ1v) is 11.2. The number of ether oxygens (including phenoxy) is 3. The first-order chi connectivity index (χ1) is 15.8. The molecule has 3 aromatic rings. The van der Waals surface area contributed by atoms with Gasteiger partial charge in [-0.05, 0) is 49.7 Å². The fourth-order valence-corrected chi connectivity index (χ4v) is 4.35. The molecule has 4 rings (SSSR count). The number of H-pyrrole nitrogens is 1. The molecule has 2 N–H and O–H groups in total. The molecule has 0 radical (unpaired) electrons. The Bertz CT molecular complexity index is 1240. The maximum Gasteiger partial charge on any atom is 0.338 e. The summed E-state index contributed by atoms with van der Waals surface area (Å²) in [7, 11) is 0. The van der Waals surface area contributed by atoms with E-state index >= 15 is 0 Å². The molecular weight excluding hydrogens is 446 g/mol. The molecule has 1 aliphatic rings. The van der Waals surface area contributed by atoms with E-state index in [1.165, 1.54) is 6.07 Å². The number of aromatic hydroxyl groups is 1. The molecule has 2 heterocycles. The lowest BCUT2D eigenvalue weighted by molar-refractivity contribution is 0.0189. The molecule has 0 saturated carbocycles. The molecule has 0 saturated heterocycles. The number of fused-ring (bicyclic) bond motifs is 1. The van der Waals surface area contributed by atoms with E-state index in [0.29, 0.717) is 33.9 Å². The molecule has 1 atom stereocenters. The molecule has 9 heteroatoms. The van der Waals surface area contributed by atoms with Crippen LogP contribution in [0.5, 0.6) is 17.4 Å². The van der Waals surface area contributed by atoms with Gasteiger partial charge in [0.1, 0.15) is 23.7 Å². The Morgan fingerprint density at radius 1 is 1.21 bits per heavy atom. The third kappa shape index (κ3) is 5.09. The van der Waals surface area contributed by atoms with Crippen LogP contribution >= 0.6 is 11.3 Å². The second kappa shape index (κ2) is 9.11. The van der Waals surface area contributed by atoms with Crippen molar-refractivity contribution < 1.29 is 28.9 Å². The second-order valence-corrected chi connectivity index (χ2v) is 9.05. The number of hydrogen-bond acceptors (Lipinski definition) is 8. The van der Waals surface area contributed by atoms with Gasteiger partial charge in [-0.15, -0.1) is 0 Å². The molecular formula is C24H23NO7S. The number of esters is 1. The van der Waals surface area contributed by atoms with Gasteiger partial charge in [-0.25, -0.2) is 4.79 Å². The van der Waals surface area contributed by atoms with Gasteiger partial charge in [-0.2, -0.15) is 0 Å². The zero-order valence-electron chi connectivity index (χ0n) is 18.2. The largest absolute Gasteiger partial charge is 0.494 e. The Hall–Kier alpha value is -3.59. The second-order valence-electron chi connectivity index (χ2n) is 7.98. The van der Waals surface area contributed by atoms with Gasteiger partial charge >= 0.3 is 10.8 Å². The average Bonchev–Trinajstić information content (AvgIpc) is 3.09. The maximum absolute atomic E-state index is 12.8. The van der Waals surface area contributed by atoms with Crippen molar-refractivity contribution in [1.82, 2.24) is 4.98 Å². The van der Waals surface area contributed by atoms with Gasteiger partial charge in [0.15, 0.2) is 5.78 Å². The van der Waals surface area contributed by atoms with E-state index in [1.807, 2.05) is 12.1 Å². The molecule has 0 bridgehead atoms. The lowest BCUT2D eigenvalue weighted by Gasteiger charge is -2.34. The van der Waals surface area contributed by atoms with Gasteiger partial charge in [0.2, 0.25) is 5.88 Å². The molecule has 0 fully saturated rings. The number of thiazole rings is 1. The number of nitrogens with one attached hydrogen (secondary N) is 1. The van der Waals surface area contributed by atoms with E-state index in [2.05, 4.69) is 4.98 Å². The van der Waals surface area contributed by atoms with Crippen LogP contribution in [0.1, 0.15) is 51.4 Å². The van der Waals surface area contributed by atoms with E-state index in [0.717, 1.165) is 16.9 Å². The van der Waals surface area contributed by atoms with Crippen LogP contribution in [0, 0.1) is 0 Å². The maximum atomic E-state index is 12.8. The van der Waals surface area contributed by atoms with Gasteiger partial charge in [0.05, 0.1) is 29.0 Å². The van der Waals surface area contributed by atoms with Crippen LogP contribution in [0.2, 0.25) is 0 Å². The molecule has 2 aromatic carbocycles. The van der Waals surface area contributed by atoms with E-state index in [9.17, 15) is 19.5 Å². The summed E-state index contributed by atoms with van der Waals surface area (Å²) in [6.45, 7) is 3.93. The number of Topliss-reactive ketones (excluding diaryl/α,β-unsaturated/α-hetero) is 1. The lowest BCUT2D eigenvalue weighted by Crippen LogP contribution is -2.44. The van der Waals surface area contributed by atoms with Gasteiger partial charge in [-0.3, -0.25) is 14.6 Å². The molecule has 0 spiro atoms. The SMILES string of the molecule is CCOC(=O)c1ccc2c(c1)C(=O)CC(C)(COc1ccc(Cc3sc(=O)[nH]c3O)cc1)O2. The summed E-state index contributed by atoms with van der Waals surface area (Å²) in [5.41, 5.74) is 0.720. The predicted octanol–water partition coefficient (Wildman–Crippen LogP) is 3.71. The summed E-state index contributed by atoms with van der Waals surface area (Å²) in [5, 5.41) is 9.73. The van der Waals surface area contributed by atoms with Crippen molar-refractivity contribution in [2.75, 3.05) is 13.2 Å². The van der Waals surface area contributed by atoms with E-state index in [4.69, 9.17) is 14.2 Å². The Morgan fingerprint density at radius 2 is 1.97 bits per heavy atom. The van der Waals surface area contributed by atoms with Crippen LogP contribution in [0.15, 0.2) is 47.3 Å². The highest BCUT2D eigenvalue weighted by atomic mass is 32.1. The number of carbonyl (C=O) groups is 2. The number of aromatic nitrogens is 1. The fourth-order valence-electron chi connectivity index (χ4n) is 3.59. The molecule has 172 valence electrons. The van der Waals surface area contributed by atoms with Crippen LogP contribution in [-0.2, 0) is 11.2 Å². The highest BCUT2D eigenvalue weighted by Crippen LogP contribution is 2.34. The normalized spacial score (nSPS) is 17.2. The van der Waals surface area contributed by atoms with Gasteiger partial charge in [0, 0.05) is 6.42 Å². The summed E-state index contributed by atoms with van der Waals surface area (Å²) >= 11 is 0.975. The molecule has 1 unspecified atom stereocenters. The van der Waals surface area contributed by atoms with Gasteiger partial charge in [-0.1, -0.05) is 23.5 Å². The zero-order valence-corrected chi connectivity index (χ0v) is 19.0. The highest BCUT2D eigenvalue weighted by Gasteiger charge is 2.38. The standard InChI is InChI=1S/C24H23NO7S/c1-3-30-22(28)15-6-9-19-17(11-15)18(26)12-24(2,32-19)13-31-16-7-4-14(5-8-16)10-20-21(27)25-23(29)33-20/h4-9,11,27H,3,10,12-13H2,1-2H3,(H,25,29). The van der Waals surface area contributed by atoms with Crippen LogP contribution in [0.25, 0.3) is 0 Å². The Balaban J connectivity index is 1.40. The summed E-state index contributed by atoms with van der Waals surface area (Å²) in [4.78, 5) is 38.7. The Morgan fingerprint density at radius 3 is 2.64 bits per heavy atom. The summed E-state index contributed by atoms with van der Waals surface area (Å²) in [5.74, 6) is 0.298. The molecule has 8 nitrogen and oxygen atoms in total. The predicted molar refractivity (Wildman–Crippen MR) is 122 cm³/mol. The minimum absolute atomic E-state index is 0.105. The van der Waals surface area contributed by atoms with Gasteiger partial charge in [0.25, 0.3) is 0 Å². The average molecular weight is 470 g/mol. The van der Waals surface area contributed by atoms with Crippen molar-refractivity contribution >= 4 is 23.1 Å². The zero-order chi connectivity index (χ0) is 23.6. The van der Waals surface area contributed by atoms with Crippen LogP contribution in [0.3, 0.4) is 0 Å². The topological polar surface area (TPSA) is 115 Å². The third-order valence-corrected chi connectivity index (χ3v) is 6.09. The van der Waals surface area contributed by atoms with Crippen molar-refractivity contribution in [3.8, 4) is 17.4 Å². The first-order valence-electron chi connectivity index (χ1n) is 10.4. The van der Waals surface area contributed by atoms with E-state index in [1.54, 1.807) is 38.1 Å². The smallest absolute Gasteiger partial charge is 0.338 e. The highest BCUT2D eigenvalue weighted by molar-refractivity contribution is 7.09. The number of hydrogen-bond donors (Lipinski definition) is 2. The van der Waals surface area contributed by atoms with Crippen LogP contribution in [-0.4, -0.2) is 40.7 Å². The van der Waals surface area contributed by atoms with E-state index < -0.39 is 11.6 Å². The van der Waals surface area contributed by atoms with Crippen molar-refractivity contribution in [2.45, 2.75) is 32.3 Å². The number of ketones is 1. The van der Waals surface area contributed by atoms with Crippen LogP contribution < -0.4 is 14.3 Å². The Kier molecular flexibility index (Phi) is 6.24. The molecule has 33 heavy (non-hydrogen) atoms. The summed E-state index contributed by atoms with van der Waals surface area (Å²) in [6.07, 6.45) is 0.533. The fraction of sp³-hybridized carbons (Fsp3) is 0.292. The van der Waals surface area contributed by atoms with Crippen molar-refractivity contribution in [3.63, 3.8) is 0 Å². The number of rotatable bonds is 7. The quantitative estimate of drug-likeness (QED) is 0.507. The lowest BCUT2D eigenvalue weighted by atomic mass is 9.91. The van der Waals surface area contributed by atoms with E-state index in [-0.39, 0.29) is 36.2 Å². The molecule has 0 amide bonds. The summed E-state index contributed by atoms with van der Waals surface area (Å²) in [6, 6.07) is 12.0. The Labute approximate surface area is 193 Å². The number of benzene rings is 2. The number of aromatic amines is 1.